The Morgan fingerprint density at radius 3 is 2.33 bits per heavy atom. The van der Waals surface area contributed by atoms with Gasteiger partial charge in [0, 0.05) is 4.47 Å². The van der Waals surface area contributed by atoms with Gasteiger partial charge in [0.15, 0.2) is 15.1 Å². The Kier molecular flexibility index (Phi) is 4.92. The van der Waals surface area contributed by atoms with Crippen LogP contribution < -0.4 is 0 Å². The third-order valence-corrected chi connectivity index (χ3v) is 5.56. The maximum Gasteiger partial charge on any atom is 0.322 e. The van der Waals surface area contributed by atoms with Crippen molar-refractivity contribution in [2.24, 2.45) is 5.92 Å². The van der Waals surface area contributed by atoms with E-state index in [1.54, 1.807) is 38.1 Å². The van der Waals surface area contributed by atoms with Crippen LogP contribution in [0.4, 0.5) is 0 Å². The average Bonchev–Trinajstić information content (AvgIpc) is 2.19. The topological polar surface area (TPSA) is 71.4 Å². The van der Waals surface area contributed by atoms with E-state index in [-0.39, 0.29) is 5.75 Å². The molecule has 1 aromatic carbocycles. The Balaban J connectivity index is 3.08. The molecule has 1 aromatic rings. The van der Waals surface area contributed by atoms with E-state index in [9.17, 15) is 13.2 Å². The van der Waals surface area contributed by atoms with E-state index in [0.29, 0.717) is 10.0 Å². The summed E-state index contributed by atoms with van der Waals surface area (Å²) in [5, 5.41) is 7.66. The minimum absolute atomic E-state index is 0.274. The SMILES string of the molecule is CC(C)C(C(=O)O)S(=O)(=O)Cc1ccccc1Br. The number of halogens is 1. The van der Waals surface area contributed by atoms with E-state index in [1.165, 1.54) is 0 Å². The number of carboxylic acids is 1. The second-order valence-electron chi connectivity index (χ2n) is 4.40. The van der Waals surface area contributed by atoms with Gasteiger partial charge in [-0.25, -0.2) is 8.42 Å². The van der Waals surface area contributed by atoms with Crippen LogP contribution in [-0.4, -0.2) is 24.7 Å². The minimum Gasteiger partial charge on any atom is -0.480 e. The van der Waals surface area contributed by atoms with Gasteiger partial charge in [-0.2, -0.15) is 0 Å². The molecule has 1 N–H and O–H groups in total. The van der Waals surface area contributed by atoms with Crippen LogP contribution >= 0.6 is 15.9 Å². The summed E-state index contributed by atoms with van der Waals surface area (Å²) in [7, 11) is -3.73. The quantitative estimate of drug-likeness (QED) is 0.897. The molecule has 0 radical (unpaired) electrons. The molecular weight excluding hydrogens is 320 g/mol. The maximum absolute atomic E-state index is 12.1. The zero-order valence-electron chi connectivity index (χ0n) is 10.1. The van der Waals surface area contributed by atoms with Crippen LogP contribution in [0.5, 0.6) is 0 Å². The molecule has 0 aromatic heterocycles. The number of hydrogen-bond donors (Lipinski definition) is 1. The highest BCUT2D eigenvalue weighted by atomic mass is 79.9. The van der Waals surface area contributed by atoms with Crippen molar-refractivity contribution in [2.45, 2.75) is 24.9 Å². The largest absolute Gasteiger partial charge is 0.480 e. The molecule has 18 heavy (non-hydrogen) atoms. The van der Waals surface area contributed by atoms with Crippen molar-refractivity contribution in [3.8, 4) is 0 Å². The Morgan fingerprint density at radius 1 is 1.33 bits per heavy atom. The van der Waals surface area contributed by atoms with Crippen molar-refractivity contribution in [2.75, 3.05) is 0 Å². The number of carbonyl (C=O) groups is 1. The average molecular weight is 335 g/mol. The molecule has 0 bridgehead atoms. The Bertz CT molecular complexity index is 537. The lowest BCUT2D eigenvalue weighted by atomic mass is 10.1. The molecule has 0 aliphatic heterocycles. The number of sulfone groups is 1. The first-order valence-electron chi connectivity index (χ1n) is 5.43. The molecule has 100 valence electrons. The molecule has 4 nitrogen and oxygen atoms in total. The molecule has 1 atom stereocenters. The van der Waals surface area contributed by atoms with Crippen LogP contribution in [0.3, 0.4) is 0 Å². The first-order chi connectivity index (χ1) is 8.25. The summed E-state index contributed by atoms with van der Waals surface area (Å²) in [5.41, 5.74) is 0.574. The lowest BCUT2D eigenvalue weighted by Crippen LogP contribution is -2.35. The number of benzene rings is 1. The number of rotatable bonds is 5. The predicted octanol–water partition coefficient (Wildman–Crippen LogP) is 2.47. The molecule has 6 heteroatoms. The van der Waals surface area contributed by atoms with Gasteiger partial charge in [0.25, 0.3) is 0 Å². The fourth-order valence-corrected chi connectivity index (χ4v) is 4.39. The first-order valence-corrected chi connectivity index (χ1v) is 7.94. The third-order valence-electron chi connectivity index (χ3n) is 2.55. The number of aliphatic carboxylic acids is 1. The smallest absolute Gasteiger partial charge is 0.322 e. The highest BCUT2D eigenvalue weighted by molar-refractivity contribution is 9.10. The van der Waals surface area contributed by atoms with Crippen molar-refractivity contribution in [1.29, 1.82) is 0 Å². The second kappa shape index (κ2) is 5.84. The van der Waals surface area contributed by atoms with E-state index in [1.807, 2.05) is 0 Å². The van der Waals surface area contributed by atoms with Gasteiger partial charge >= 0.3 is 5.97 Å². The molecule has 0 amide bonds. The summed E-state index contributed by atoms with van der Waals surface area (Å²) in [6, 6.07) is 6.90. The Hall–Kier alpha value is -0.880. The monoisotopic (exact) mass is 334 g/mol. The molecule has 0 spiro atoms. The van der Waals surface area contributed by atoms with Crippen molar-refractivity contribution in [1.82, 2.24) is 0 Å². The third kappa shape index (κ3) is 3.55. The summed E-state index contributed by atoms with van der Waals surface area (Å²) in [5.74, 6) is -2.03. The van der Waals surface area contributed by atoms with Crippen LogP contribution in [0.2, 0.25) is 0 Å². The molecule has 0 fully saturated rings. The highest BCUT2D eigenvalue weighted by Crippen LogP contribution is 2.23. The van der Waals surface area contributed by atoms with Crippen LogP contribution in [-0.2, 0) is 20.4 Å². The zero-order chi connectivity index (χ0) is 13.9. The van der Waals surface area contributed by atoms with Gasteiger partial charge in [-0.1, -0.05) is 48.0 Å². The van der Waals surface area contributed by atoms with Crippen molar-refractivity contribution >= 4 is 31.7 Å². The van der Waals surface area contributed by atoms with Crippen LogP contribution in [0.25, 0.3) is 0 Å². The summed E-state index contributed by atoms with van der Waals surface area (Å²) in [6.45, 7) is 3.19. The summed E-state index contributed by atoms with van der Waals surface area (Å²) in [4.78, 5) is 11.1. The van der Waals surface area contributed by atoms with Crippen molar-refractivity contribution in [3.05, 3.63) is 34.3 Å². The molecule has 1 rings (SSSR count). The van der Waals surface area contributed by atoms with Gasteiger partial charge < -0.3 is 5.11 Å². The highest BCUT2D eigenvalue weighted by Gasteiger charge is 2.35. The summed E-state index contributed by atoms with van der Waals surface area (Å²) in [6.07, 6.45) is 0. The lowest BCUT2D eigenvalue weighted by molar-refractivity contribution is -0.137. The molecule has 0 aliphatic rings. The van der Waals surface area contributed by atoms with Gasteiger partial charge in [0.2, 0.25) is 0 Å². The lowest BCUT2D eigenvalue weighted by Gasteiger charge is -2.17. The number of carboxylic acid groups (broad SMARTS) is 1. The van der Waals surface area contributed by atoms with Gasteiger partial charge in [-0.15, -0.1) is 0 Å². The fourth-order valence-electron chi connectivity index (χ4n) is 1.78. The van der Waals surface area contributed by atoms with E-state index in [0.717, 1.165) is 0 Å². The van der Waals surface area contributed by atoms with Crippen LogP contribution in [0.15, 0.2) is 28.7 Å². The fraction of sp³-hybridized carbons (Fsp3) is 0.417. The van der Waals surface area contributed by atoms with Crippen LogP contribution in [0, 0.1) is 5.92 Å². The van der Waals surface area contributed by atoms with E-state index < -0.39 is 27.0 Å². The first kappa shape index (κ1) is 15.2. The van der Waals surface area contributed by atoms with Gasteiger partial charge in [-0.3, -0.25) is 4.79 Å². The van der Waals surface area contributed by atoms with Crippen molar-refractivity contribution in [3.63, 3.8) is 0 Å². The summed E-state index contributed by atoms with van der Waals surface area (Å²) >= 11 is 3.26. The second-order valence-corrected chi connectivity index (χ2v) is 7.38. The predicted molar refractivity (Wildman–Crippen MR) is 73.0 cm³/mol. The minimum atomic E-state index is -3.73. The van der Waals surface area contributed by atoms with Gasteiger partial charge in [0.05, 0.1) is 5.75 Å². The molecule has 0 aliphatic carbocycles. The van der Waals surface area contributed by atoms with E-state index in [4.69, 9.17) is 5.11 Å². The molecule has 0 saturated heterocycles. The molecule has 1 unspecified atom stereocenters. The number of hydrogen-bond acceptors (Lipinski definition) is 3. The van der Waals surface area contributed by atoms with Gasteiger partial charge in [-0.05, 0) is 17.5 Å². The Labute approximate surface area is 115 Å². The standard InChI is InChI=1S/C12H15BrO4S/c1-8(2)11(12(14)15)18(16,17)7-9-5-3-4-6-10(9)13/h3-6,8,11H,7H2,1-2H3,(H,14,15). The maximum atomic E-state index is 12.1. The van der Waals surface area contributed by atoms with Gasteiger partial charge in [0.1, 0.15) is 0 Å². The molecule has 0 heterocycles. The zero-order valence-corrected chi connectivity index (χ0v) is 12.5. The van der Waals surface area contributed by atoms with Crippen molar-refractivity contribution < 1.29 is 18.3 Å². The normalized spacial score (nSPS) is 13.6. The molecular formula is C12H15BrO4S. The van der Waals surface area contributed by atoms with E-state index >= 15 is 0 Å². The van der Waals surface area contributed by atoms with Crippen LogP contribution in [0.1, 0.15) is 19.4 Å². The molecule has 0 saturated carbocycles. The summed E-state index contributed by atoms with van der Waals surface area (Å²) < 4.78 is 24.9. The Morgan fingerprint density at radius 2 is 1.89 bits per heavy atom. The van der Waals surface area contributed by atoms with E-state index in [2.05, 4.69) is 15.9 Å².